The third-order valence-corrected chi connectivity index (χ3v) is 6.78. The Morgan fingerprint density at radius 3 is 2.47 bits per heavy atom. The van der Waals surface area contributed by atoms with E-state index in [0.717, 1.165) is 55.1 Å². The lowest BCUT2D eigenvalue weighted by molar-refractivity contribution is -0.137. The van der Waals surface area contributed by atoms with Crippen LogP contribution >= 0.6 is 11.8 Å². The molecule has 1 fully saturated rings. The van der Waals surface area contributed by atoms with Crippen LogP contribution in [0.25, 0.3) is 0 Å². The van der Waals surface area contributed by atoms with Crippen LogP contribution in [0.5, 0.6) is 0 Å². The Morgan fingerprint density at radius 2 is 1.85 bits per heavy atom. The molecule has 0 atom stereocenters. The molecule has 0 amide bonds. The Hall–Kier alpha value is -2.81. The van der Waals surface area contributed by atoms with Gasteiger partial charge in [0.1, 0.15) is 5.54 Å². The number of carbonyl (C=O) groups is 1. The highest BCUT2D eigenvalue weighted by Gasteiger charge is 2.49. The SMILES string of the molecule is CCOC(=O)c1ccc(N2C(SC)=NC(=Nc3cccc(C(F)(F)F)c3)C23CCCCC3)cc1. The monoisotopic (exact) mass is 489 g/mol. The molecule has 0 aromatic heterocycles. The van der Waals surface area contributed by atoms with Crippen molar-refractivity contribution in [3.05, 3.63) is 59.7 Å². The molecular formula is C25H26F3N3O2S. The molecule has 4 rings (SSSR count). The highest BCUT2D eigenvalue weighted by atomic mass is 32.2. The Kier molecular flexibility index (Phi) is 7.02. The molecular weight excluding hydrogens is 463 g/mol. The Balaban J connectivity index is 1.76. The number of rotatable bonds is 4. The van der Waals surface area contributed by atoms with Crippen molar-refractivity contribution in [2.75, 3.05) is 17.8 Å². The Morgan fingerprint density at radius 1 is 1.15 bits per heavy atom. The summed E-state index contributed by atoms with van der Waals surface area (Å²) in [6.07, 6.45) is 2.09. The molecule has 2 aromatic carbocycles. The number of thioether (sulfide) groups is 1. The van der Waals surface area contributed by atoms with Crippen LogP contribution < -0.4 is 4.90 Å². The molecule has 5 nitrogen and oxygen atoms in total. The minimum Gasteiger partial charge on any atom is -0.462 e. The van der Waals surface area contributed by atoms with Crippen LogP contribution in [0.15, 0.2) is 58.5 Å². The summed E-state index contributed by atoms with van der Waals surface area (Å²) in [4.78, 5) is 23.7. The van der Waals surface area contributed by atoms with Crippen LogP contribution in [0.4, 0.5) is 24.5 Å². The lowest BCUT2D eigenvalue weighted by Gasteiger charge is -2.42. The number of benzene rings is 2. The number of aliphatic imine (C=N–C) groups is 2. The van der Waals surface area contributed by atoms with E-state index in [1.165, 1.54) is 17.8 Å². The van der Waals surface area contributed by atoms with Crippen molar-refractivity contribution in [1.29, 1.82) is 0 Å². The first-order valence-electron chi connectivity index (χ1n) is 11.2. The largest absolute Gasteiger partial charge is 0.462 e. The van der Waals surface area contributed by atoms with E-state index in [0.29, 0.717) is 18.0 Å². The molecule has 34 heavy (non-hydrogen) atoms. The van der Waals surface area contributed by atoms with Crippen molar-refractivity contribution in [1.82, 2.24) is 0 Å². The number of carbonyl (C=O) groups excluding carboxylic acids is 1. The summed E-state index contributed by atoms with van der Waals surface area (Å²) in [6, 6.07) is 12.2. The molecule has 1 spiro atoms. The maximum Gasteiger partial charge on any atom is 0.416 e. The van der Waals surface area contributed by atoms with Gasteiger partial charge in [-0.25, -0.2) is 14.8 Å². The third kappa shape index (κ3) is 4.71. The fraction of sp³-hybridized carbons (Fsp3) is 0.400. The van der Waals surface area contributed by atoms with Crippen molar-refractivity contribution in [2.24, 2.45) is 9.98 Å². The number of nitrogens with zero attached hydrogens (tertiary/aromatic N) is 3. The van der Waals surface area contributed by atoms with Gasteiger partial charge >= 0.3 is 12.1 Å². The molecule has 1 aliphatic heterocycles. The van der Waals surface area contributed by atoms with Crippen LogP contribution in [0.1, 0.15) is 54.9 Å². The van der Waals surface area contributed by atoms with E-state index in [1.807, 2.05) is 18.4 Å². The Labute approximate surface area is 201 Å². The molecule has 1 heterocycles. The first-order valence-corrected chi connectivity index (χ1v) is 12.5. The normalized spacial score (nSPS) is 18.9. The van der Waals surface area contributed by atoms with Gasteiger partial charge in [0.15, 0.2) is 11.0 Å². The van der Waals surface area contributed by atoms with E-state index in [4.69, 9.17) is 9.73 Å². The number of hydrogen-bond acceptors (Lipinski definition) is 5. The maximum atomic E-state index is 13.2. The quantitative estimate of drug-likeness (QED) is 0.441. The molecule has 180 valence electrons. The predicted octanol–water partition coefficient (Wildman–Crippen LogP) is 6.85. The van der Waals surface area contributed by atoms with Crippen molar-refractivity contribution in [3.63, 3.8) is 0 Å². The molecule has 0 N–H and O–H groups in total. The number of ether oxygens (including phenoxy) is 1. The second kappa shape index (κ2) is 9.82. The molecule has 2 aliphatic rings. The zero-order valence-corrected chi connectivity index (χ0v) is 19.9. The number of alkyl halides is 3. The standard InChI is InChI=1S/C25H26F3N3O2S/c1-3-33-21(32)17-10-12-20(13-11-17)31-23(34-2)30-22(24(31)14-5-4-6-15-24)29-19-9-7-8-18(16-19)25(26,27)28/h7-13,16H,3-6,14-15H2,1-2H3. The highest BCUT2D eigenvalue weighted by molar-refractivity contribution is 8.13. The van der Waals surface area contributed by atoms with Gasteiger partial charge in [-0.05, 0) is 68.5 Å². The first-order chi connectivity index (χ1) is 16.3. The van der Waals surface area contributed by atoms with Gasteiger partial charge in [-0.1, -0.05) is 37.1 Å². The smallest absolute Gasteiger partial charge is 0.416 e. The van der Waals surface area contributed by atoms with Crippen LogP contribution in [-0.4, -0.2) is 35.4 Å². The number of hydrogen-bond donors (Lipinski definition) is 0. The molecule has 9 heteroatoms. The van der Waals surface area contributed by atoms with Crippen LogP contribution in [-0.2, 0) is 10.9 Å². The molecule has 1 saturated carbocycles. The van der Waals surface area contributed by atoms with Crippen molar-refractivity contribution < 1.29 is 22.7 Å². The summed E-state index contributed by atoms with van der Waals surface area (Å²) >= 11 is 1.47. The summed E-state index contributed by atoms with van der Waals surface area (Å²) in [7, 11) is 0. The van der Waals surface area contributed by atoms with E-state index in [-0.39, 0.29) is 11.7 Å². The topological polar surface area (TPSA) is 54.3 Å². The average molecular weight is 490 g/mol. The summed E-state index contributed by atoms with van der Waals surface area (Å²) < 4.78 is 44.8. The molecule has 0 bridgehead atoms. The molecule has 1 aliphatic carbocycles. The molecule has 0 unspecified atom stereocenters. The fourth-order valence-electron chi connectivity index (χ4n) is 4.57. The van der Waals surface area contributed by atoms with E-state index in [2.05, 4.69) is 9.89 Å². The maximum absolute atomic E-state index is 13.2. The minimum absolute atomic E-state index is 0.235. The zero-order chi connectivity index (χ0) is 24.3. The van der Waals surface area contributed by atoms with E-state index in [1.54, 1.807) is 25.1 Å². The number of anilines is 1. The summed E-state index contributed by atoms with van der Waals surface area (Å²) in [5, 5.41) is 0.733. The third-order valence-electron chi connectivity index (χ3n) is 6.15. The van der Waals surface area contributed by atoms with Gasteiger partial charge in [0.05, 0.1) is 23.4 Å². The van der Waals surface area contributed by atoms with Crippen molar-refractivity contribution in [2.45, 2.75) is 50.7 Å². The first kappa shape index (κ1) is 24.3. The summed E-state index contributed by atoms with van der Waals surface area (Å²) in [5.41, 5.74) is 0.278. The summed E-state index contributed by atoms with van der Waals surface area (Å²) in [5.74, 6) is 0.152. The van der Waals surface area contributed by atoms with Gasteiger partial charge < -0.3 is 9.64 Å². The van der Waals surface area contributed by atoms with Gasteiger partial charge in [0.2, 0.25) is 0 Å². The molecule has 0 radical (unpaired) electrons. The van der Waals surface area contributed by atoms with Gasteiger partial charge in [0.25, 0.3) is 0 Å². The zero-order valence-electron chi connectivity index (χ0n) is 19.1. The van der Waals surface area contributed by atoms with E-state index < -0.39 is 17.3 Å². The van der Waals surface area contributed by atoms with Gasteiger partial charge in [-0.3, -0.25) is 0 Å². The number of amidine groups is 2. The predicted molar refractivity (Wildman–Crippen MR) is 130 cm³/mol. The summed E-state index contributed by atoms with van der Waals surface area (Å²) in [6.45, 7) is 2.06. The molecule has 0 saturated heterocycles. The average Bonchev–Trinajstić information content (AvgIpc) is 3.11. The van der Waals surface area contributed by atoms with Crippen LogP contribution in [0.3, 0.4) is 0 Å². The van der Waals surface area contributed by atoms with Crippen molar-refractivity contribution in [3.8, 4) is 0 Å². The van der Waals surface area contributed by atoms with E-state index >= 15 is 0 Å². The van der Waals surface area contributed by atoms with Gasteiger partial charge in [-0.2, -0.15) is 13.2 Å². The van der Waals surface area contributed by atoms with Crippen molar-refractivity contribution >= 4 is 40.1 Å². The number of halogens is 3. The second-order valence-electron chi connectivity index (χ2n) is 8.28. The lowest BCUT2D eigenvalue weighted by Crippen LogP contribution is -2.52. The van der Waals surface area contributed by atoms with Crippen LogP contribution in [0, 0.1) is 0 Å². The highest BCUT2D eigenvalue weighted by Crippen LogP contribution is 2.44. The van der Waals surface area contributed by atoms with Gasteiger partial charge in [0, 0.05) is 5.69 Å². The Bertz CT molecular complexity index is 1110. The second-order valence-corrected chi connectivity index (χ2v) is 9.05. The number of esters is 1. The fourth-order valence-corrected chi connectivity index (χ4v) is 5.21. The van der Waals surface area contributed by atoms with Crippen LogP contribution in [0.2, 0.25) is 0 Å². The minimum atomic E-state index is -4.44. The van der Waals surface area contributed by atoms with E-state index in [9.17, 15) is 18.0 Å². The molecule has 2 aromatic rings. The lowest BCUT2D eigenvalue weighted by atomic mass is 9.79. The van der Waals surface area contributed by atoms with Gasteiger partial charge in [-0.15, -0.1) is 0 Å².